The summed E-state index contributed by atoms with van der Waals surface area (Å²) in [5.74, 6) is 0.157. The molecule has 0 aliphatic rings. The molecule has 4 nitrogen and oxygen atoms in total. The van der Waals surface area contributed by atoms with E-state index >= 15 is 0 Å². The monoisotopic (exact) mass is 274 g/mol. The number of benzene rings is 1. The number of imidazole rings is 1. The van der Waals surface area contributed by atoms with E-state index in [1.807, 2.05) is 0 Å². The van der Waals surface area contributed by atoms with E-state index in [2.05, 4.69) is 16.9 Å². The smallest absolute Gasteiger partial charge is 0.306 e. The number of carbonyl (C=O) groups excluding carboxylic acids is 1. The first-order valence-electron chi connectivity index (χ1n) is 7.46. The molecule has 20 heavy (non-hydrogen) atoms. The molecule has 0 unspecified atom stereocenters. The quantitative estimate of drug-likeness (QED) is 0.568. The highest BCUT2D eigenvalue weighted by Crippen LogP contribution is 2.14. The van der Waals surface area contributed by atoms with Gasteiger partial charge in [0.1, 0.15) is 0 Å². The van der Waals surface area contributed by atoms with Crippen LogP contribution in [0.1, 0.15) is 62.2 Å². The fourth-order valence-electron chi connectivity index (χ4n) is 2.42. The number of hydrogen-bond acceptors (Lipinski definition) is 2. The van der Waals surface area contributed by atoms with Crippen LogP contribution in [-0.4, -0.2) is 15.8 Å². The number of fused-ring (bicyclic) bond motifs is 1. The number of ketones is 1. The summed E-state index contributed by atoms with van der Waals surface area (Å²) in [5, 5.41) is 0. The molecule has 4 heteroatoms. The Morgan fingerprint density at radius 1 is 1.00 bits per heavy atom. The van der Waals surface area contributed by atoms with Crippen LogP contribution in [-0.2, 0) is 0 Å². The zero-order chi connectivity index (χ0) is 14.4. The summed E-state index contributed by atoms with van der Waals surface area (Å²) < 4.78 is 0. The summed E-state index contributed by atoms with van der Waals surface area (Å²) in [4.78, 5) is 28.6. The first-order valence-corrected chi connectivity index (χ1v) is 7.46. The van der Waals surface area contributed by atoms with E-state index in [4.69, 9.17) is 0 Å². The highest BCUT2D eigenvalue weighted by atomic mass is 16.1. The van der Waals surface area contributed by atoms with Gasteiger partial charge in [0.25, 0.3) is 0 Å². The number of Topliss-reactive ketones (excluding diaryl/α,β-unsaturated/α-hetero) is 1. The molecule has 0 amide bonds. The van der Waals surface area contributed by atoms with Gasteiger partial charge in [0.05, 0.1) is 11.0 Å². The molecule has 0 fully saturated rings. The maximum Gasteiger partial charge on any atom is 0.323 e. The molecule has 0 spiro atoms. The second kappa shape index (κ2) is 7.08. The molecule has 2 aromatic rings. The van der Waals surface area contributed by atoms with Crippen LogP contribution in [0.3, 0.4) is 0 Å². The van der Waals surface area contributed by atoms with Crippen molar-refractivity contribution in [3.63, 3.8) is 0 Å². The van der Waals surface area contributed by atoms with Crippen molar-refractivity contribution in [3.8, 4) is 0 Å². The van der Waals surface area contributed by atoms with Gasteiger partial charge in [0.15, 0.2) is 5.78 Å². The molecule has 1 heterocycles. The van der Waals surface area contributed by atoms with E-state index in [1.54, 1.807) is 18.2 Å². The molecule has 2 rings (SSSR count). The molecule has 2 N–H and O–H groups in total. The normalized spacial score (nSPS) is 11.1. The lowest BCUT2D eigenvalue weighted by Crippen LogP contribution is -1.99. The number of rotatable bonds is 8. The largest absolute Gasteiger partial charge is 0.323 e. The molecular weight excluding hydrogens is 252 g/mol. The Hall–Kier alpha value is -1.84. The number of unbranched alkanes of at least 4 members (excludes halogenated alkanes) is 5. The lowest BCUT2D eigenvalue weighted by Gasteiger charge is -2.02. The van der Waals surface area contributed by atoms with Crippen molar-refractivity contribution in [1.82, 2.24) is 9.97 Å². The highest BCUT2D eigenvalue weighted by molar-refractivity contribution is 5.98. The number of H-pyrrole nitrogens is 2. The minimum Gasteiger partial charge on any atom is -0.306 e. The second-order valence-corrected chi connectivity index (χ2v) is 5.28. The second-order valence-electron chi connectivity index (χ2n) is 5.28. The van der Waals surface area contributed by atoms with Gasteiger partial charge in [-0.05, 0) is 24.6 Å². The molecule has 0 atom stereocenters. The van der Waals surface area contributed by atoms with Crippen LogP contribution < -0.4 is 5.69 Å². The number of aromatic amines is 2. The van der Waals surface area contributed by atoms with Gasteiger partial charge < -0.3 is 9.97 Å². The van der Waals surface area contributed by atoms with E-state index in [9.17, 15) is 9.59 Å². The SMILES string of the molecule is CCCCCCCCC(=O)c1ccc2[nH]c(=O)[nH]c2c1. The minimum atomic E-state index is -0.236. The van der Waals surface area contributed by atoms with E-state index in [0.717, 1.165) is 18.4 Å². The molecular formula is C16H22N2O2. The fourth-order valence-corrected chi connectivity index (χ4v) is 2.42. The Balaban J connectivity index is 1.86. The van der Waals surface area contributed by atoms with Crippen molar-refractivity contribution in [2.24, 2.45) is 0 Å². The molecule has 0 aliphatic heterocycles. The van der Waals surface area contributed by atoms with Gasteiger partial charge in [0, 0.05) is 12.0 Å². The lowest BCUT2D eigenvalue weighted by atomic mass is 10.0. The third-order valence-corrected chi connectivity index (χ3v) is 3.60. The first kappa shape index (κ1) is 14.6. The Labute approximate surface area is 118 Å². The average molecular weight is 274 g/mol. The summed E-state index contributed by atoms with van der Waals surface area (Å²) >= 11 is 0. The van der Waals surface area contributed by atoms with Crippen molar-refractivity contribution >= 4 is 16.8 Å². The fraction of sp³-hybridized carbons (Fsp3) is 0.500. The molecule has 108 valence electrons. The van der Waals surface area contributed by atoms with Gasteiger partial charge in [0.2, 0.25) is 0 Å². The topological polar surface area (TPSA) is 65.7 Å². The van der Waals surface area contributed by atoms with Crippen LogP contribution in [0.4, 0.5) is 0 Å². The van der Waals surface area contributed by atoms with Crippen LogP contribution in [0.25, 0.3) is 11.0 Å². The van der Waals surface area contributed by atoms with Crippen LogP contribution in [0, 0.1) is 0 Å². The van der Waals surface area contributed by atoms with Crippen molar-refractivity contribution in [1.29, 1.82) is 0 Å². The number of nitrogens with one attached hydrogen (secondary N) is 2. The molecule has 0 bridgehead atoms. The molecule has 1 aromatic carbocycles. The molecule has 0 aliphatic carbocycles. The molecule has 0 radical (unpaired) electrons. The lowest BCUT2D eigenvalue weighted by molar-refractivity contribution is 0.0979. The van der Waals surface area contributed by atoms with Gasteiger partial charge in [-0.1, -0.05) is 39.0 Å². The van der Waals surface area contributed by atoms with E-state index in [1.165, 1.54) is 25.7 Å². The third kappa shape index (κ3) is 3.83. The summed E-state index contributed by atoms with van der Waals surface area (Å²) in [5.41, 5.74) is 1.89. The maximum atomic E-state index is 12.1. The number of aromatic nitrogens is 2. The van der Waals surface area contributed by atoms with Crippen LogP contribution in [0.15, 0.2) is 23.0 Å². The standard InChI is InChI=1S/C16H22N2O2/c1-2-3-4-5-6-7-8-15(19)12-9-10-13-14(11-12)18-16(20)17-13/h9-11H,2-8H2,1H3,(H2,17,18,20). The van der Waals surface area contributed by atoms with Crippen molar-refractivity contribution in [3.05, 3.63) is 34.2 Å². The predicted octanol–water partition coefficient (Wildman–Crippen LogP) is 3.79. The Morgan fingerprint density at radius 2 is 1.70 bits per heavy atom. The van der Waals surface area contributed by atoms with E-state index in [0.29, 0.717) is 17.5 Å². The van der Waals surface area contributed by atoms with Gasteiger partial charge in [-0.25, -0.2) is 4.79 Å². The highest BCUT2D eigenvalue weighted by Gasteiger charge is 2.07. The molecule has 0 saturated heterocycles. The van der Waals surface area contributed by atoms with Gasteiger partial charge in [-0.2, -0.15) is 0 Å². The van der Waals surface area contributed by atoms with E-state index in [-0.39, 0.29) is 11.5 Å². The maximum absolute atomic E-state index is 12.1. The zero-order valence-electron chi connectivity index (χ0n) is 12.0. The first-order chi connectivity index (χ1) is 9.70. The number of hydrogen-bond donors (Lipinski definition) is 2. The van der Waals surface area contributed by atoms with Crippen molar-refractivity contribution in [2.45, 2.75) is 51.9 Å². The molecule has 1 aromatic heterocycles. The summed E-state index contributed by atoms with van der Waals surface area (Å²) in [6.07, 6.45) is 7.66. The van der Waals surface area contributed by atoms with Crippen molar-refractivity contribution in [2.75, 3.05) is 0 Å². The Morgan fingerprint density at radius 3 is 2.50 bits per heavy atom. The summed E-state index contributed by atoms with van der Waals surface area (Å²) in [6.45, 7) is 2.20. The Bertz CT molecular complexity index is 625. The minimum absolute atomic E-state index is 0.157. The van der Waals surface area contributed by atoms with Crippen LogP contribution in [0.5, 0.6) is 0 Å². The number of carbonyl (C=O) groups is 1. The zero-order valence-corrected chi connectivity index (χ0v) is 12.0. The third-order valence-electron chi connectivity index (χ3n) is 3.60. The Kier molecular flexibility index (Phi) is 5.16. The summed E-state index contributed by atoms with van der Waals surface area (Å²) in [7, 11) is 0. The van der Waals surface area contributed by atoms with Gasteiger partial charge in [-0.15, -0.1) is 0 Å². The predicted molar refractivity (Wildman–Crippen MR) is 81.2 cm³/mol. The van der Waals surface area contributed by atoms with Crippen LogP contribution >= 0.6 is 0 Å². The van der Waals surface area contributed by atoms with Gasteiger partial charge >= 0.3 is 5.69 Å². The van der Waals surface area contributed by atoms with Crippen LogP contribution in [0.2, 0.25) is 0 Å². The molecule has 0 saturated carbocycles. The average Bonchev–Trinajstić information content (AvgIpc) is 2.81. The van der Waals surface area contributed by atoms with E-state index < -0.39 is 0 Å². The summed E-state index contributed by atoms with van der Waals surface area (Å²) in [6, 6.07) is 5.32. The van der Waals surface area contributed by atoms with Gasteiger partial charge in [-0.3, -0.25) is 4.79 Å². The van der Waals surface area contributed by atoms with Crippen molar-refractivity contribution < 1.29 is 4.79 Å².